The van der Waals surface area contributed by atoms with E-state index in [2.05, 4.69) is 14.8 Å². The third-order valence-electron chi connectivity index (χ3n) is 3.59. The zero-order valence-electron chi connectivity index (χ0n) is 11.8. The number of pyridine rings is 1. The molecule has 0 saturated carbocycles. The van der Waals surface area contributed by atoms with Crippen LogP contribution in [0.25, 0.3) is 0 Å². The van der Waals surface area contributed by atoms with Gasteiger partial charge in [0, 0.05) is 19.2 Å². The fourth-order valence-electron chi connectivity index (χ4n) is 2.46. The maximum absolute atomic E-state index is 12.2. The lowest BCUT2D eigenvalue weighted by Gasteiger charge is -2.09. The largest absolute Gasteiger partial charge is 0.465 e. The van der Waals surface area contributed by atoms with Gasteiger partial charge in [-0.1, -0.05) is 0 Å². The summed E-state index contributed by atoms with van der Waals surface area (Å²) in [6.45, 7) is 1.04. The molecule has 3 rings (SSSR count). The molecular formula is C14H16N4O3. The van der Waals surface area contributed by atoms with Crippen LogP contribution in [0, 0.1) is 0 Å². The van der Waals surface area contributed by atoms with Crippen LogP contribution in [0.4, 0.5) is 0 Å². The monoisotopic (exact) mass is 288 g/mol. The second-order valence-corrected chi connectivity index (χ2v) is 4.99. The number of fused-ring (bicyclic) bond motifs is 1. The second-order valence-electron chi connectivity index (χ2n) is 4.99. The molecule has 0 bridgehead atoms. The third kappa shape index (κ3) is 2.58. The molecule has 0 aromatic carbocycles. The number of methoxy groups -OCH3 is 1. The SMILES string of the molecule is COC(=O)c1ccc(Cn2nc3n(c2=O)CCCC3)nc1. The number of carbonyl (C=O) groups is 1. The predicted octanol–water partition coefficient (Wildman–Crippen LogP) is 0.611. The van der Waals surface area contributed by atoms with Crippen molar-refractivity contribution in [3.63, 3.8) is 0 Å². The minimum absolute atomic E-state index is 0.0939. The van der Waals surface area contributed by atoms with Gasteiger partial charge in [0.05, 0.1) is 24.9 Å². The average Bonchev–Trinajstić information content (AvgIpc) is 2.84. The van der Waals surface area contributed by atoms with E-state index in [1.165, 1.54) is 18.0 Å². The standard InChI is InChI=1S/C14H16N4O3/c1-21-13(19)10-5-6-11(15-8-10)9-18-14(20)17-7-3-2-4-12(17)16-18/h5-6,8H,2-4,7,9H2,1H3. The Hall–Kier alpha value is -2.44. The molecule has 0 spiro atoms. The van der Waals surface area contributed by atoms with Gasteiger partial charge in [0.15, 0.2) is 0 Å². The van der Waals surface area contributed by atoms with Crippen LogP contribution in [-0.4, -0.2) is 32.4 Å². The number of aromatic nitrogens is 4. The van der Waals surface area contributed by atoms with E-state index in [0.29, 0.717) is 17.8 Å². The number of rotatable bonds is 3. The average molecular weight is 288 g/mol. The minimum atomic E-state index is -0.427. The Morgan fingerprint density at radius 3 is 2.90 bits per heavy atom. The van der Waals surface area contributed by atoms with Crippen LogP contribution < -0.4 is 5.69 Å². The first kappa shape index (κ1) is 13.5. The van der Waals surface area contributed by atoms with Crippen molar-refractivity contribution in [2.24, 2.45) is 0 Å². The Labute approximate surface area is 121 Å². The van der Waals surface area contributed by atoms with Crippen LogP contribution in [0.2, 0.25) is 0 Å². The summed E-state index contributed by atoms with van der Waals surface area (Å²) in [5.41, 5.74) is 0.974. The van der Waals surface area contributed by atoms with Gasteiger partial charge in [0.1, 0.15) is 5.82 Å². The molecule has 21 heavy (non-hydrogen) atoms. The van der Waals surface area contributed by atoms with E-state index in [-0.39, 0.29) is 5.69 Å². The van der Waals surface area contributed by atoms with Crippen molar-refractivity contribution in [3.05, 3.63) is 45.9 Å². The molecule has 0 amide bonds. The molecule has 0 saturated heterocycles. The molecule has 7 heteroatoms. The molecule has 3 heterocycles. The van der Waals surface area contributed by atoms with Gasteiger partial charge in [0.25, 0.3) is 0 Å². The number of esters is 1. The Bertz CT molecular complexity index is 715. The van der Waals surface area contributed by atoms with Gasteiger partial charge >= 0.3 is 11.7 Å². The smallest absolute Gasteiger partial charge is 0.346 e. The van der Waals surface area contributed by atoms with Crippen LogP contribution in [0.5, 0.6) is 0 Å². The zero-order chi connectivity index (χ0) is 14.8. The molecular weight excluding hydrogens is 272 g/mol. The van der Waals surface area contributed by atoms with Gasteiger partial charge in [-0.25, -0.2) is 14.3 Å². The van der Waals surface area contributed by atoms with Crippen molar-refractivity contribution in [3.8, 4) is 0 Å². The number of carbonyl (C=O) groups excluding carboxylic acids is 1. The van der Waals surface area contributed by atoms with E-state index in [4.69, 9.17) is 0 Å². The fraction of sp³-hybridized carbons (Fsp3) is 0.429. The Morgan fingerprint density at radius 2 is 2.24 bits per heavy atom. The van der Waals surface area contributed by atoms with E-state index in [1.54, 1.807) is 16.7 Å². The lowest BCUT2D eigenvalue weighted by atomic mass is 10.2. The van der Waals surface area contributed by atoms with Gasteiger partial charge < -0.3 is 4.74 Å². The topological polar surface area (TPSA) is 79.0 Å². The minimum Gasteiger partial charge on any atom is -0.465 e. The molecule has 2 aromatic rings. The number of ether oxygens (including phenoxy) is 1. The Balaban J connectivity index is 1.82. The number of nitrogens with zero attached hydrogens (tertiary/aromatic N) is 4. The van der Waals surface area contributed by atoms with Crippen molar-refractivity contribution in [2.75, 3.05) is 7.11 Å². The molecule has 0 N–H and O–H groups in total. The van der Waals surface area contributed by atoms with Gasteiger partial charge in [0.2, 0.25) is 0 Å². The normalized spacial score (nSPS) is 13.8. The van der Waals surface area contributed by atoms with Crippen molar-refractivity contribution in [2.45, 2.75) is 32.4 Å². The van der Waals surface area contributed by atoms with Gasteiger partial charge in [-0.3, -0.25) is 9.55 Å². The summed E-state index contributed by atoms with van der Waals surface area (Å²) in [5, 5.41) is 4.35. The van der Waals surface area contributed by atoms with Crippen molar-refractivity contribution >= 4 is 5.97 Å². The molecule has 0 unspecified atom stereocenters. The summed E-state index contributed by atoms with van der Waals surface area (Å²) in [6.07, 6.45) is 4.38. The molecule has 0 aliphatic carbocycles. The number of aryl methyl sites for hydroxylation is 1. The van der Waals surface area contributed by atoms with E-state index >= 15 is 0 Å². The molecule has 0 radical (unpaired) electrons. The summed E-state index contributed by atoms with van der Waals surface area (Å²) in [6, 6.07) is 3.34. The Morgan fingerprint density at radius 1 is 1.38 bits per heavy atom. The molecule has 110 valence electrons. The predicted molar refractivity (Wildman–Crippen MR) is 74.1 cm³/mol. The first-order valence-electron chi connectivity index (χ1n) is 6.89. The van der Waals surface area contributed by atoms with Crippen molar-refractivity contribution < 1.29 is 9.53 Å². The maximum Gasteiger partial charge on any atom is 0.346 e. The first-order valence-corrected chi connectivity index (χ1v) is 6.89. The van der Waals surface area contributed by atoms with E-state index in [9.17, 15) is 9.59 Å². The highest BCUT2D eigenvalue weighted by molar-refractivity contribution is 5.88. The molecule has 1 aliphatic heterocycles. The van der Waals surface area contributed by atoms with Crippen molar-refractivity contribution in [1.82, 2.24) is 19.3 Å². The maximum atomic E-state index is 12.2. The lowest BCUT2D eigenvalue weighted by Crippen LogP contribution is -2.27. The van der Waals surface area contributed by atoms with E-state index < -0.39 is 5.97 Å². The Kier molecular flexibility index (Phi) is 3.55. The highest BCUT2D eigenvalue weighted by atomic mass is 16.5. The van der Waals surface area contributed by atoms with Crippen LogP contribution in [0.3, 0.4) is 0 Å². The first-order chi connectivity index (χ1) is 10.2. The van der Waals surface area contributed by atoms with Gasteiger partial charge in [-0.15, -0.1) is 0 Å². The quantitative estimate of drug-likeness (QED) is 0.773. The number of hydrogen-bond acceptors (Lipinski definition) is 5. The second kappa shape index (κ2) is 5.51. The van der Waals surface area contributed by atoms with Crippen LogP contribution >= 0.6 is 0 Å². The lowest BCUT2D eigenvalue weighted by molar-refractivity contribution is 0.0600. The van der Waals surface area contributed by atoms with Gasteiger partial charge in [-0.05, 0) is 25.0 Å². The summed E-state index contributed by atoms with van der Waals surface area (Å²) >= 11 is 0. The van der Waals surface area contributed by atoms with Crippen molar-refractivity contribution in [1.29, 1.82) is 0 Å². The van der Waals surface area contributed by atoms with E-state index in [1.807, 2.05) is 0 Å². The van der Waals surface area contributed by atoms with Crippen LogP contribution in [0.1, 0.15) is 34.7 Å². The summed E-state index contributed by atoms with van der Waals surface area (Å²) < 4.78 is 7.78. The van der Waals surface area contributed by atoms with Crippen LogP contribution in [0.15, 0.2) is 23.1 Å². The highest BCUT2D eigenvalue weighted by Crippen LogP contribution is 2.10. The highest BCUT2D eigenvalue weighted by Gasteiger charge is 2.17. The molecule has 0 atom stereocenters. The molecule has 1 aliphatic rings. The van der Waals surface area contributed by atoms with E-state index in [0.717, 1.165) is 31.6 Å². The molecule has 0 fully saturated rings. The fourth-order valence-corrected chi connectivity index (χ4v) is 2.46. The molecule has 2 aromatic heterocycles. The third-order valence-corrected chi connectivity index (χ3v) is 3.59. The molecule has 7 nitrogen and oxygen atoms in total. The summed E-state index contributed by atoms with van der Waals surface area (Å²) in [7, 11) is 1.32. The number of hydrogen-bond donors (Lipinski definition) is 0. The summed E-state index contributed by atoms with van der Waals surface area (Å²) in [4.78, 5) is 27.7. The van der Waals surface area contributed by atoms with Gasteiger partial charge in [-0.2, -0.15) is 5.10 Å². The van der Waals surface area contributed by atoms with Crippen LogP contribution in [-0.2, 0) is 24.2 Å². The summed E-state index contributed by atoms with van der Waals surface area (Å²) in [5.74, 6) is 0.418. The zero-order valence-corrected chi connectivity index (χ0v) is 11.8.